The van der Waals surface area contributed by atoms with Gasteiger partial charge in [0.15, 0.2) is 6.10 Å². The summed E-state index contributed by atoms with van der Waals surface area (Å²) < 4.78 is 10.4. The van der Waals surface area contributed by atoms with Gasteiger partial charge in [0.2, 0.25) is 29.9 Å². The normalized spacial score (nSPS) is 32.5. The lowest BCUT2D eigenvalue weighted by Crippen LogP contribution is -2.74. The quantitative estimate of drug-likeness (QED) is 0.522. The fourth-order valence-corrected chi connectivity index (χ4v) is 3.17. The molecule has 4 amide bonds. The maximum Gasteiger partial charge on any atom is 0.363 e. The number of hydrogen-bond acceptors (Lipinski definition) is 8. The fraction of sp³-hybridized carbons (Fsp3) is 0.571. The van der Waals surface area contributed by atoms with Gasteiger partial charge >= 0.3 is 11.9 Å². The van der Waals surface area contributed by atoms with E-state index in [1.165, 1.54) is 0 Å². The molecule has 0 aliphatic carbocycles. The molecule has 3 heterocycles. The topological polar surface area (TPSA) is 168 Å². The van der Waals surface area contributed by atoms with Crippen LogP contribution >= 0.6 is 0 Å². The number of carbonyl (C=O) groups is 6. The number of carboxylic acid groups (broad SMARTS) is 2. The summed E-state index contributed by atoms with van der Waals surface area (Å²) in [7, 11) is 0. The summed E-state index contributed by atoms with van der Waals surface area (Å²) in [6.45, 7) is -0.800. The number of carbonyl (C=O) groups excluding carboxylic acids is 4. The summed E-state index contributed by atoms with van der Waals surface area (Å²) in [5.41, 5.74) is -2.84. The van der Waals surface area contributed by atoms with E-state index in [-0.39, 0.29) is 25.7 Å². The maximum absolute atomic E-state index is 12.1. The van der Waals surface area contributed by atoms with Gasteiger partial charge in [-0.05, 0) is 0 Å². The van der Waals surface area contributed by atoms with E-state index in [4.69, 9.17) is 14.6 Å². The minimum absolute atomic E-state index is 0.242. The SMILES string of the molecule is O=C(O)[C@@H]1CO[C@](C(=O)O)(N2C(=O)CCC2=O)C(N2C(=O)CCC2=O)O1. The number of likely N-dealkylation sites (tertiary alicyclic amines) is 2. The van der Waals surface area contributed by atoms with E-state index in [1.807, 2.05) is 0 Å². The van der Waals surface area contributed by atoms with Crippen LogP contribution in [0.1, 0.15) is 25.7 Å². The predicted molar refractivity (Wildman–Crippen MR) is 74.8 cm³/mol. The molecule has 26 heavy (non-hydrogen) atoms. The maximum atomic E-state index is 12.1. The summed E-state index contributed by atoms with van der Waals surface area (Å²) in [5.74, 6) is -6.80. The number of nitrogens with zero attached hydrogens (tertiary/aromatic N) is 2. The minimum atomic E-state index is -2.84. The van der Waals surface area contributed by atoms with Gasteiger partial charge in [0.1, 0.15) is 0 Å². The average molecular weight is 370 g/mol. The third-order valence-electron chi connectivity index (χ3n) is 4.37. The van der Waals surface area contributed by atoms with E-state index in [0.717, 1.165) is 0 Å². The molecule has 0 saturated carbocycles. The number of aliphatic carboxylic acids is 2. The van der Waals surface area contributed by atoms with Crippen molar-refractivity contribution in [3.8, 4) is 0 Å². The Balaban J connectivity index is 2.13. The highest BCUT2D eigenvalue weighted by atomic mass is 16.6. The summed E-state index contributed by atoms with van der Waals surface area (Å²) in [5, 5.41) is 18.9. The van der Waals surface area contributed by atoms with Crippen LogP contribution in [-0.2, 0) is 38.2 Å². The molecule has 140 valence electrons. The Hall–Kier alpha value is -2.86. The number of ether oxygens (including phenoxy) is 2. The van der Waals surface area contributed by atoms with Crippen molar-refractivity contribution < 1.29 is 48.5 Å². The van der Waals surface area contributed by atoms with Crippen LogP contribution in [0, 0.1) is 0 Å². The first-order valence-electron chi connectivity index (χ1n) is 7.66. The molecule has 12 nitrogen and oxygen atoms in total. The van der Waals surface area contributed by atoms with Gasteiger partial charge in [-0.1, -0.05) is 0 Å². The zero-order chi connectivity index (χ0) is 19.2. The molecule has 3 aliphatic heterocycles. The molecule has 0 aromatic rings. The van der Waals surface area contributed by atoms with Crippen LogP contribution < -0.4 is 0 Å². The van der Waals surface area contributed by atoms with Crippen molar-refractivity contribution >= 4 is 35.6 Å². The van der Waals surface area contributed by atoms with Crippen molar-refractivity contribution in [1.82, 2.24) is 9.80 Å². The molecule has 3 fully saturated rings. The standard InChI is InChI=1S/C14H14N2O10/c17-7-1-2-8(18)15(7)12-14(13(23)24,16-9(19)3-4-10(16)20)25-5-6(26-12)11(21)22/h6,12H,1-5H2,(H,21,22)(H,23,24)/t6-,12?,14+/m0/s1. The van der Waals surface area contributed by atoms with Crippen LogP contribution in [0.4, 0.5) is 0 Å². The van der Waals surface area contributed by atoms with Gasteiger partial charge in [0.25, 0.3) is 5.72 Å². The van der Waals surface area contributed by atoms with Gasteiger partial charge in [0, 0.05) is 25.7 Å². The molecule has 0 aromatic heterocycles. The smallest absolute Gasteiger partial charge is 0.363 e. The molecule has 0 aromatic carbocycles. The van der Waals surface area contributed by atoms with E-state index >= 15 is 0 Å². The number of hydrogen-bond donors (Lipinski definition) is 2. The minimum Gasteiger partial charge on any atom is -0.479 e. The largest absolute Gasteiger partial charge is 0.479 e. The molecule has 0 radical (unpaired) electrons. The Morgan fingerprint density at radius 3 is 1.88 bits per heavy atom. The highest BCUT2D eigenvalue weighted by molar-refractivity contribution is 6.07. The van der Waals surface area contributed by atoms with E-state index in [0.29, 0.717) is 9.80 Å². The van der Waals surface area contributed by atoms with Crippen LogP contribution in [-0.4, -0.2) is 80.2 Å². The van der Waals surface area contributed by atoms with Crippen molar-refractivity contribution in [3.63, 3.8) is 0 Å². The van der Waals surface area contributed by atoms with Crippen molar-refractivity contribution in [3.05, 3.63) is 0 Å². The first-order valence-corrected chi connectivity index (χ1v) is 7.66. The fourth-order valence-electron chi connectivity index (χ4n) is 3.17. The van der Waals surface area contributed by atoms with Crippen molar-refractivity contribution in [2.75, 3.05) is 6.61 Å². The molecular formula is C14H14N2O10. The highest BCUT2D eigenvalue weighted by Gasteiger charge is 2.66. The third kappa shape index (κ3) is 2.45. The van der Waals surface area contributed by atoms with Crippen LogP contribution in [0.15, 0.2) is 0 Å². The molecule has 2 N–H and O–H groups in total. The van der Waals surface area contributed by atoms with Crippen LogP contribution in [0.5, 0.6) is 0 Å². The Morgan fingerprint density at radius 1 is 0.923 bits per heavy atom. The number of amides is 4. The van der Waals surface area contributed by atoms with Gasteiger partial charge in [-0.2, -0.15) is 0 Å². The molecule has 3 saturated heterocycles. The molecule has 12 heteroatoms. The Morgan fingerprint density at radius 2 is 1.42 bits per heavy atom. The molecular weight excluding hydrogens is 356 g/mol. The summed E-state index contributed by atoms with van der Waals surface area (Å²) >= 11 is 0. The Labute approximate surface area is 145 Å². The van der Waals surface area contributed by atoms with Gasteiger partial charge < -0.3 is 19.7 Å². The average Bonchev–Trinajstić information content (AvgIpc) is 3.08. The number of imide groups is 2. The second-order valence-electron chi connectivity index (χ2n) is 5.91. The van der Waals surface area contributed by atoms with E-state index < -0.39 is 60.2 Å². The lowest BCUT2D eigenvalue weighted by atomic mass is 10.1. The second-order valence-corrected chi connectivity index (χ2v) is 5.91. The van der Waals surface area contributed by atoms with E-state index in [9.17, 15) is 33.9 Å². The monoisotopic (exact) mass is 370 g/mol. The third-order valence-corrected chi connectivity index (χ3v) is 4.37. The summed E-state index contributed by atoms with van der Waals surface area (Å²) in [6.07, 6.45) is -4.85. The van der Waals surface area contributed by atoms with Gasteiger partial charge in [-0.25, -0.2) is 19.4 Å². The molecule has 3 aliphatic rings. The van der Waals surface area contributed by atoms with E-state index in [2.05, 4.69) is 0 Å². The summed E-state index contributed by atoms with van der Waals surface area (Å²) in [4.78, 5) is 72.5. The zero-order valence-electron chi connectivity index (χ0n) is 13.2. The molecule has 0 spiro atoms. The van der Waals surface area contributed by atoms with Crippen LogP contribution in [0.3, 0.4) is 0 Å². The Kier molecular flexibility index (Phi) is 4.24. The van der Waals surface area contributed by atoms with Crippen molar-refractivity contribution in [1.29, 1.82) is 0 Å². The molecule has 1 unspecified atom stereocenters. The molecule has 3 atom stereocenters. The van der Waals surface area contributed by atoms with Crippen molar-refractivity contribution in [2.45, 2.75) is 43.7 Å². The Bertz CT molecular complexity index is 701. The van der Waals surface area contributed by atoms with Crippen LogP contribution in [0.2, 0.25) is 0 Å². The number of rotatable bonds is 4. The van der Waals surface area contributed by atoms with Crippen molar-refractivity contribution in [2.24, 2.45) is 0 Å². The first-order chi connectivity index (χ1) is 12.2. The lowest BCUT2D eigenvalue weighted by Gasteiger charge is -2.47. The van der Waals surface area contributed by atoms with Gasteiger partial charge in [-0.3, -0.25) is 19.2 Å². The summed E-state index contributed by atoms with van der Waals surface area (Å²) in [6, 6.07) is 0. The van der Waals surface area contributed by atoms with Gasteiger partial charge in [0.05, 0.1) is 6.61 Å². The highest BCUT2D eigenvalue weighted by Crippen LogP contribution is 2.37. The van der Waals surface area contributed by atoms with Crippen LogP contribution in [0.25, 0.3) is 0 Å². The van der Waals surface area contributed by atoms with E-state index in [1.54, 1.807) is 0 Å². The lowest BCUT2D eigenvalue weighted by molar-refractivity contribution is -0.297. The number of carboxylic acids is 2. The predicted octanol–water partition coefficient (Wildman–Crippen LogP) is -2.11. The zero-order valence-corrected chi connectivity index (χ0v) is 13.2. The molecule has 0 bridgehead atoms. The van der Waals surface area contributed by atoms with Gasteiger partial charge in [-0.15, -0.1) is 0 Å². The second kappa shape index (κ2) is 6.14. The molecule has 3 rings (SSSR count). The first kappa shape index (κ1) is 17.9.